The lowest BCUT2D eigenvalue weighted by molar-refractivity contribution is 0.0335. The van der Waals surface area contributed by atoms with Crippen LogP contribution < -0.4 is 0 Å². The minimum absolute atomic E-state index is 0.314. The average molecular weight is 260 g/mol. The molecule has 0 saturated carbocycles. The molecule has 0 aliphatic carbocycles. The smallest absolute Gasteiger partial charge is 0.154 e. The van der Waals surface area contributed by atoms with Crippen molar-refractivity contribution in [2.45, 2.75) is 31.4 Å². The third kappa shape index (κ3) is 1.43. The zero-order chi connectivity index (χ0) is 7.72. The first-order valence-electron chi connectivity index (χ1n) is 3.20. The second-order valence-corrected chi connectivity index (χ2v) is 3.35. The summed E-state index contributed by atoms with van der Waals surface area (Å²) in [5, 5.41) is 9.12. The Morgan fingerprint density at radius 3 is 2.50 bits per heavy atom. The lowest BCUT2D eigenvalue weighted by atomic mass is 10.1. The molecule has 0 amide bonds. The second-order valence-electron chi connectivity index (χ2n) is 2.47. The fourth-order valence-corrected chi connectivity index (χ4v) is 1.77. The van der Waals surface area contributed by atoms with Gasteiger partial charge in [-0.1, -0.05) is 22.6 Å². The second kappa shape index (κ2) is 3.32. The van der Waals surface area contributed by atoms with Crippen molar-refractivity contribution < 1.29 is 14.2 Å². The Morgan fingerprint density at radius 2 is 2.30 bits per heavy atom. The van der Waals surface area contributed by atoms with Gasteiger partial charge in [0.05, 0.1) is 12.2 Å². The molecule has 0 aromatic rings. The van der Waals surface area contributed by atoms with Gasteiger partial charge >= 0.3 is 0 Å². The van der Waals surface area contributed by atoms with Crippen molar-refractivity contribution in [3.63, 3.8) is 0 Å². The summed E-state index contributed by atoms with van der Waals surface area (Å²) in [4.78, 5) is 0. The molecular formula is C6H10FIO2. The number of hydrogen-bond donors (Lipinski definition) is 1. The van der Waals surface area contributed by atoms with Crippen molar-refractivity contribution in [2.75, 3.05) is 4.43 Å². The van der Waals surface area contributed by atoms with E-state index in [-0.39, 0.29) is 6.10 Å². The quantitative estimate of drug-likeness (QED) is 0.561. The summed E-state index contributed by atoms with van der Waals surface area (Å²) >= 11 is 2.07. The number of ether oxygens (including phenoxy) is 1. The van der Waals surface area contributed by atoms with Crippen LogP contribution in [-0.4, -0.2) is 34.0 Å². The highest BCUT2D eigenvalue weighted by Crippen LogP contribution is 2.24. The SMILES string of the molecule is C[C@@H]1O[C@H](CI)[C@H](O)C1F. The zero-order valence-electron chi connectivity index (χ0n) is 5.63. The van der Waals surface area contributed by atoms with Crippen molar-refractivity contribution in [2.24, 2.45) is 0 Å². The lowest BCUT2D eigenvalue weighted by Gasteiger charge is -2.08. The molecule has 1 fully saturated rings. The molecule has 0 bridgehead atoms. The van der Waals surface area contributed by atoms with E-state index < -0.39 is 18.4 Å². The van der Waals surface area contributed by atoms with E-state index in [9.17, 15) is 4.39 Å². The number of aliphatic hydroxyl groups excluding tert-OH is 1. The molecule has 2 nitrogen and oxygen atoms in total. The first-order valence-corrected chi connectivity index (χ1v) is 4.73. The highest BCUT2D eigenvalue weighted by molar-refractivity contribution is 14.1. The maximum Gasteiger partial charge on any atom is 0.154 e. The third-order valence-corrected chi connectivity index (χ3v) is 2.57. The molecule has 1 saturated heterocycles. The van der Waals surface area contributed by atoms with Gasteiger partial charge in [-0.3, -0.25) is 0 Å². The number of rotatable bonds is 1. The molecule has 0 spiro atoms. The van der Waals surface area contributed by atoms with Gasteiger partial charge < -0.3 is 9.84 Å². The fourth-order valence-electron chi connectivity index (χ4n) is 1.04. The van der Waals surface area contributed by atoms with Crippen LogP contribution in [0.3, 0.4) is 0 Å². The Hall–Kier alpha value is 0.580. The van der Waals surface area contributed by atoms with Crippen molar-refractivity contribution in [3.8, 4) is 0 Å². The molecule has 1 N–H and O–H groups in total. The van der Waals surface area contributed by atoms with E-state index in [4.69, 9.17) is 9.84 Å². The Kier molecular flexibility index (Phi) is 2.88. The fraction of sp³-hybridized carbons (Fsp3) is 1.00. The van der Waals surface area contributed by atoms with Crippen LogP contribution in [-0.2, 0) is 4.74 Å². The lowest BCUT2D eigenvalue weighted by Crippen LogP contribution is -2.29. The van der Waals surface area contributed by atoms with Gasteiger partial charge in [-0.15, -0.1) is 0 Å². The van der Waals surface area contributed by atoms with Crippen molar-refractivity contribution in [1.82, 2.24) is 0 Å². The molecule has 0 radical (unpaired) electrons. The summed E-state index contributed by atoms with van der Waals surface area (Å²) in [5.41, 5.74) is 0. The molecule has 10 heavy (non-hydrogen) atoms. The van der Waals surface area contributed by atoms with Crippen LogP contribution in [0.2, 0.25) is 0 Å². The summed E-state index contributed by atoms with van der Waals surface area (Å²) in [6.45, 7) is 1.64. The van der Waals surface area contributed by atoms with Crippen LogP contribution in [0.15, 0.2) is 0 Å². The molecule has 4 atom stereocenters. The van der Waals surface area contributed by atoms with Crippen molar-refractivity contribution >= 4 is 22.6 Å². The Morgan fingerprint density at radius 1 is 1.70 bits per heavy atom. The van der Waals surface area contributed by atoms with Gasteiger partial charge in [0.25, 0.3) is 0 Å². The predicted molar refractivity (Wildman–Crippen MR) is 44.1 cm³/mol. The summed E-state index contributed by atoms with van der Waals surface area (Å²) in [7, 11) is 0. The van der Waals surface area contributed by atoms with Gasteiger partial charge in [-0.05, 0) is 6.92 Å². The van der Waals surface area contributed by atoms with Crippen LogP contribution in [0.5, 0.6) is 0 Å². The molecule has 1 aliphatic rings. The summed E-state index contributed by atoms with van der Waals surface area (Å²) in [6, 6.07) is 0. The molecule has 1 rings (SSSR count). The molecule has 60 valence electrons. The van der Waals surface area contributed by atoms with E-state index in [1.807, 2.05) is 0 Å². The monoisotopic (exact) mass is 260 g/mol. The van der Waals surface area contributed by atoms with E-state index >= 15 is 0 Å². The number of alkyl halides is 2. The minimum Gasteiger partial charge on any atom is -0.387 e. The Labute approximate surface area is 72.9 Å². The van der Waals surface area contributed by atoms with E-state index in [0.29, 0.717) is 4.43 Å². The van der Waals surface area contributed by atoms with E-state index in [2.05, 4.69) is 22.6 Å². The summed E-state index contributed by atoms with van der Waals surface area (Å²) < 4.78 is 18.5. The molecule has 4 heteroatoms. The molecule has 1 heterocycles. The molecule has 0 aromatic carbocycles. The van der Waals surface area contributed by atoms with Crippen LogP contribution in [0.25, 0.3) is 0 Å². The van der Waals surface area contributed by atoms with Gasteiger partial charge in [0.1, 0.15) is 6.10 Å². The highest BCUT2D eigenvalue weighted by atomic mass is 127. The van der Waals surface area contributed by atoms with Gasteiger partial charge in [0, 0.05) is 4.43 Å². The van der Waals surface area contributed by atoms with Gasteiger partial charge in [-0.2, -0.15) is 0 Å². The van der Waals surface area contributed by atoms with Gasteiger partial charge in [0.15, 0.2) is 6.17 Å². The average Bonchev–Trinajstić information content (AvgIpc) is 2.17. The number of aliphatic hydroxyl groups is 1. The maximum absolute atomic E-state index is 12.8. The Bertz CT molecular complexity index is 122. The predicted octanol–water partition coefficient (Wildman–Crippen LogP) is 0.908. The molecular weight excluding hydrogens is 250 g/mol. The van der Waals surface area contributed by atoms with Crippen molar-refractivity contribution in [1.29, 1.82) is 0 Å². The Balaban J connectivity index is 2.53. The van der Waals surface area contributed by atoms with Crippen LogP contribution in [0.4, 0.5) is 4.39 Å². The van der Waals surface area contributed by atoms with Crippen LogP contribution in [0.1, 0.15) is 6.92 Å². The van der Waals surface area contributed by atoms with E-state index in [0.717, 1.165) is 0 Å². The van der Waals surface area contributed by atoms with Gasteiger partial charge in [-0.25, -0.2) is 4.39 Å². The summed E-state index contributed by atoms with van der Waals surface area (Å²) in [5.74, 6) is 0. The highest BCUT2D eigenvalue weighted by Gasteiger charge is 2.40. The standard InChI is InChI=1S/C6H10FIO2/c1-3-5(7)6(9)4(2-8)10-3/h3-6,9H,2H2,1H3/t3-,4+,5?,6-/m0/s1. The normalized spacial score (nSPS) is 48.0. The van der Waals surface area contributed by atoms with E-state index in [1.54, 1.807) is 6.92 Å². The zero-order valence-corrected chi connectivity index (χ0v) is 7.79. The third-order valence-electron chi connectivity index (χ3n) is 1.70. The van der Waals surface area contributed by atoms with Gasteiger partial charge in [0.2, 0.25) is 0 Å². The first-order chi connectivity index (χ1) is 4.66. The maximum atomic E-state index is 12.8. The van der Waals surface area contributed by atoms with Crippen LogP contribution >= 0.6 is 22.6 Å². The molecule has 1 unspecified atom stereocenters. The molecule has 0 aromatic heterocycles. The topological polar surface area (TPSA) is 29.5 Å². The minimum atomic E-state index is -1.21. The van der Waals surface area contributed by atoms with Crippen molar-refractivity contribution in [3.05, 3.63) is 0 Å². The number of hydrogen-bond acceptors (Lipinski definition) is 2. The molecule has 1 aliphatic heterocycles. The first kappa shape index (κ1) is 8.67. The number of halogens is 2. The van der Waals surface area contributed by atoms with E-state index in [1.165, 1.54) is 0 Å². The van der Waals surface area contributed by atoms with Crippen LogP contribution in [0, 0.1) is 0 Å². The summed E-state index contributed by atoms with van der Waals surface area (Å²) in [6.07, 6.45) is -2.90. The largest absolute Gasteiger partial charge is 0.387 e.